The van der Waals surface area contributed by atoms with Crippen LogP contribution in [0.4, 0.5) is 17.4 Å². The Bertz CT molecular complexity index is 1050. The third kappa shape index (κ3) is 7.11. The largest absolute Gasteiger partial charge is 0.481 e. The highest BCUT2D eigenvalue weighted by molar-refractivity contribution is 6.00. The Hall–Kier alpha value is -3.94. The van der Waals surface area contributed by atoms with Crippen LogP contribution in [0.25, 0.3) is 0 Å². The molecular formula is C23H27N5O3. The Morgan fingerprint density at radius 1 is 0.968 bits per heavy atom. The van der Waals surface area contributed by atoms with Crippen molar-refractivity contribution in [1.82, 2.24) is 15.2 Å². The van der Waals surface area contributed by atoms with Crippen molar-refractivity contribution in [2.24, 2.45) is 0 Å². The summed E-state index contributed by atoms with van der Waals surface area (Å²) in [5.41, 5.74) is 3.34. The van der Waals surface area contributed by atoms with Gasteiger partial charge in [0, 0.05) is 11.8 Å². The van der Waals surface area contributed by atoms with Crippen LogP contribution in [0.1, 0.15) is 35.7 Å². The normalized spacial score (nSPS) is 9.58. The summed E-state index contributed by atoms with van der Waals surface area (Å²) >= 11 is 0. The first-order chi connectivity index (χ1) is 15.0. The summed E-state index contributed by atoms with van der Waals surface area (Å²) in [4.78, 5) is 16.3. The highest BCUT2D eigenvalue weighted by Gasteiger charge is 2.15. The maximum Gasteiger partial charge on any atom is 0.320 e. The first kappa shape index (κ1) is 23.3. The highest BCUT2D eigenvalue weighted by Crippen LogP contribution is 2.18. The molecule has 2 aromatic heterocycles. The number of aromatic nitrogens is 3. The second-order valence-corrected chi connectivity index (χ2v) is 6.17. The van der Waals surface area contributed by atoms with Gasteiger partial charge in [0.1, 0.15) is 0 Å². The summed E-state index contributed by atoms with van der Waals surface area (Å²) in [5, 5.41) is 13.4. The number of carbonyl (C=O) groups is 1. The number of pyridine rings is 1. The highest BCUT2D eigenvalue weighted by atomic mass is 16.5. The van der Waals surface area contributed by atoms with Crippen molar-refractivity contribution in [2.45, 2.75) is 27.7 Å². The number of hydrogen-bond acceptors (Lipinski definition) is 7. The predicted octanol–water partition coefficient (Wildman–Crippen LogP) is 5.24. The van der Waals surface area contributed by atoms with Gasteiger partial charge in [-0.1, -0.05) is 60.9 Å². The smallest absolute Gasteiger partial charge is 0.320 e. The molecule has 0 bridgehead atoms. The Labute approximate surface area is 182 Å². The molecule has 0 aliphatic heterocycles. The summed E-state index contributed by atoms with van der Waals surface area (Å²) in [5.74, 6) is -0.253. The van der Waals surface area contributed by atoms with Crippen molar-refractivity contribution in [3.63, 3.8) is 0 Å². The zero-order chi connectivity index (χ0) is 22.6. The van der Waals surface area contributed by atoms with Gasteiger partial charge >= 0.3 is 17.8 Å². The molecule has 1 aromatic carbocycles. The fraction of sp³-hybridized carbons (Fsp3) is 0.217. The molecule has 8 nitrogen and oxygen atoms in total. The standard InChI is InChI=1S/C21H21N5O3.C2H6/c1-14-7-4-5-9-15(2)17(10-6-8-14)24-21-26-25-20(29-21)19(27)23-16-11-12-18(28-3)22-13-16;1-2/h4-13H,1-3H3,(H,23,27)(H,24,26);1-2H3. The maximum atomic E-state index is 12.3. The third-order valence-electron chi connectivity index (χ3n) is 3.93. The van der Waals surface area contributed by atoms with Crippen molar-refractivity contribution in [2.75, 3.05) is 17.7 Å². The quantitative estimate of drug-likeness (QED) is 0.581. The summed E-state index contributed by atoms with van der Waals surface area (Å²) in [6.45, 7) is 7.97. The van der Waals surface area contributed by atoms with Crippen molar-refractivity contribution >= 4 is 23.3 Å². The number of methoxy groups -OCH3 is 1. The molecule has 0 saturated heterocycles. The molecule has 0 radical (unpaired) electrons. The molecule has 0 unspecified atom stereocenters. The zero-order valence-electron chi connectivity index (χ0n) is 18.3. The summed E-state index contributed by atoms with van der Waals surface area (Å²) < 4.78 is 10.4. The lowest BCUT2D eigenvalue weighted by atomic mass is 10.2. The molecule has 31 heavy (non-hydrogen) atoms. The van der Waals surface area contributed by atoms with Gasteiger partial charge in [0.15, 0.2) is 0 Å². The van der Waals surface area contributed by atoms with Crippen LogP contribution in [0.5, 0.6) is 5.88 Å². The minimum atomic E-state index is -0.534. The monoisotopic (exact) mass is 421 g/mol. The van der Waals surface area contributed by atoms with E-state index in [1.807, 2.05) is 70.2 Å². The van der Waals surface area contributed by atoms with E-state index in [-0.39, 0.29) is 11.9 Å². The number of aryl methyl sites for hydroxylation is 2. The van der Waals surface area contributed by atoms with Crippen LogP contribution in [0, 0.1) is 13.8 Å². The molecule has 0 atom stereocenters. The van der Waals surface area contributed by atoms with E-state index >= 15 is 0 Å². The van der Waals surface area contributed by atoms with Crippen LogP contribution >= 0.6 is 0 Å². The molecule has 162 valence electrons. The SMILES string of the molecule is CC.COc1ccc(NC(=O)c2nnc(Nc3cccc(C)ccccc3C)o2)cn1. The van der Waals surface area contributed by atoms with Gasteiger partial charge in [-0.15, -0.1) is 5.10 Å². The number of rotatable bonds is 5. The van der Waals surface area contributed by atoms with Gasteiger partial charge < -0.3 is 19.8 Å². The predicted molar refractivity (Wildman–Crippen MR) is 121 cm³/mol. The molecule has 2 heterocycles. The first-order valence-corrected chi connectivity index (χ1v) is 9.87. The average molecular weight is 422 g/mol. The summed E-state index contributed by atoms with van der Waals surface area (Å²) in [6.07, 6.45) is 1.47. The van der Waals surface area contributed by atoms with Gasteiger partial charge in [0.05, 0.1) is 19.0 Å². The van der Waals surface area contributed by atoms with Gasteiger partial charge in [0.2, 0.25) is 5.88 Å². The number of amides is 1. The Morgan fingerprint density at radius 2 is 1.71 bits per heavy atom. The van der Waals surface area contributed by atoms with E-state index in [2.05, 4.69) is 25.8 Å². The van der Waals surface area contributed by atoms with E-state index in [1.165, 1.54) is 13.3 Å². The lowest BCUT2D eigenvalue weighted by molar-refractivity contribution is 0.0991. The minimum absolute atomic E-state index is 0.115. The van der Waals surface area contributed by atoms with Crippen LogP contribution < -0.4 is 15.4 Å². The van der Waals surface area contributed by atoms with E-state index in [9.17, 15) is 4.79 Å². The zero-order valence-corrected chi connectivity index (χ0v) is 18.3. The van der Waals surface area contributed by atoms with Crippen molar-refractivity contribution < 1.29 is 13.9 Å². The van der Waals surface area contributed by atoms with Gasteiger partial charge in [0.25, 0.3) is 0 Å². The number of hydrogen-bond donors (Lipinski definition) is 2. The lowest BCUT2D eigenvalue weighted by Gasteiger charge is -2.03. The van der Waals surface area contributed by atoms with Gasteiger partial charge in [-0.05, 0) is 31.5 Å². The number of nitrogens with zero attached hydrogens (tertiary/aromatic N) is 3. The second kappa shape index (κ2) is 11.9. The van der Waals surface area contributed by atoms with E-state index < -0.39 is 5.91 Å². The molecule has 3 rings (SSSR count). The minimum Gasteiger partial charge on any atom is -0.481 e. The molecule has 0 fully saturated rings. The molecule has 0 spiro atoms. The van der Waals surface area contributed by atoms with Gasteiger partial charge in [-0.3, -0.25) is 4.79 Å². The van der Waals surface area contributed by atoms with Crippen LogP contribution in [-0.4, -0.2) is 28.2 Å². The number of nitrogens with one attached hydrogen (secondary N) is 2. The molecule has 1 amide bonds. The summed E-state index contributed by atoms with van der Waals surface area (Å²) in [7, 11) is 1.52. The molecule has 3 aromatic rings. The topological polar surface area (TPSA) is 102 Å². The Morgan fingerprint density at radius 3 is 2.42 bits per heavy atom. The van der Waals surface area contributed by atoms with E-state index in [4.69, 9.17) is 9.15 Å². The molecule has 2 N–H and O–H groups in total. The number of carbonyl (C=O) groups excluding carboxylic acids is 1. The molecule has 0 aliphatic carbocycles. The first-order valence-electron chi connectivity index (χ1n) is 9.87. The third-order valence-corrected chi connectivity index (χ3v) is 3.93. The van der Waals surface area contributed by atoms with Crippen molar-refractivity contribution in [3.05, 3.63) is 77.8 Å². The molecule has 0 saturated carbocycles. The molecule has 0 aliphatic rings. The fourth-order valence-electron chi connectivity index (χ4n) is 2.36. The second-order valence-electron chi connectivity index (χ2n) is 6.17. The average Bonchev–Trinajstić information content (AvgIpc) is 3.26. The van der Waals surface area contributed by atoms with Crippen molar-refractivity contribution in [3.8, 4) is 5.88 Å². The Kier molecular flexibility index (Phi) is 8.97. The lowest BCUT2D eigenvalue weighted by Crippen LogP contribution is -2.12. The maximum absolute atomic E-state index is 12.3. The van der Waals surface area contributed by atoms with Gasteiger partial charge in [-0.2, -0.15) is 0 Å². The van der Waals surface area contributed by atoms with Gasteiger partial charge in [-0.25, -0.2) is 4.98 Å². The van der Waals surface area contributed by atoms with E-state index in [1.54, 1.807) is 12.1 Å². The Balaban J connectivity index is 0.00000166. The van der Waals surface area contributed by atoms with Crippen molar-refractivity contribution in [1.29, 1.82) is 0 Å². The molecular weight excluding hydrogens is 394 g/mol. The van der Waals surface area contributed by atoms with Crippen LogP contribution in [0.15, 0.2) is 65.2 Å². The van der Waals surface area contributed by atoms with Crippen LogP contribution in [0.2, 0.25) is 0 Å². The number of ether oxygens (including phenoxy) is 1. The van der Waals surface area contributed by atoms with E-state index in [0.717, 1.165) is 16.8 Å². The van der Waals surface area contributed by atoms with Crippen LogP contribution in [0.3, 0.4) is 0 Å². The number of anilines is 3. The fourth-order valence-corrected chi connectivity index (χ4v) is 2.36. The van der Waals surface area contributed by atoms with Crippen LogP contribution in [-0.2, 0) is 0 Å². The molecule has 8 heteroatoms. The summed E-state index contributed by atoms with van der Waals surface area (Å²) in [6, 6.07) is 17.1. The van der Waals surface area contributed by atoms with E-state index in [0.29, 0.717) is 11.6 Å².